The highest BCUT2D eigenvalue weighted by Crippen LogP contribution is 2.29. The fraction of sp³-hybridized carbons (Fsp3) is 0.350. The van der Waals surface area contributed by atoms with Crippen LogP contribution in [0.2, 0.25) is 0 Å². The van der Waals surface area contributed by atoms with Crippen molar-refractivity contribution in [2.75, 3.05) is 6.54 Å². The number of carbonyl (C=O) groups is 1. The molecule has 0 bridgehead atoms. The molecule has 0 aliphatic carbocycles. The fourth-order valence-corrected chi connectivity index (χ4v) is 3.37. The maximum absolute atomic E-state index is 12.7. The molecule has 1 aliphatic rings. The lowest BCUT2D eigenvalue weighted by Gasteiger charge is -2.28. The smallest absolute Gasteiger partial charge is 0.256 e. The number of amides is 1. The Labute approximate surface area is 142 Å². The van der Waals surface area contributed by atoms with Gasteiger partial charge < -0.3 is 15.1 Å². The van der Waals surface area contributed by atoms with Gasteiger partial charge in [-0.25, -0.2) is 0 Å². The highest BCUT2D eigenvalue weighted by Gasteiger charge is 2.34. The number of likely N-dealkylation sites (tertiary alicyclic amines) is 1. The van der Waals surface area contributed by atoms with Crippen molar-refractivity contribution >= 4 is 5.91 Å². The van der Waals surface area contributed by atoms with Gasteiger partial charge in [0.25, 0.3) is 5.91 Å². The van der Waals surface area contributed by atoms with Crippen LogP contribution in [0.15, 0.2) is 60.7 Å². The van der Waals surface area contributed by atoms with Gasteiger partial charge >= 0.3 is 0 Å². The molecule has 2 aromatic carbocycles. The molecule has 1 saturated heterocycles. The number of nitrogens with zero attached hydrogens (tertiary/aromatic N) is 1. The number of carbonyl (C=O) groups excluding carboxylic acids is 1. The third-order valence-corrected chi connectivity index (χ3v) is 4.69. The molecule has 4 nitrogen and oxygen atoms in total. The number of aliphatic hydroxyl groups excluding tert-OH is 2. The Morgan fingerprint density at radius 1 is 1.00 bits per heavy atom. The van der Waals surface area contributed by atoms with Gasteiger partial charge in [-0.05, 0) is 30.4 Å². The van der Waals surface area contributed by atoms with Gasteiger partial charge in [0.05, 0.1) is 6.10 Å². The molecule has 0 aromatic heterocycles. The molecule has 1 heterocycles. The van der Waals surface area contributed by atoms with Crippen LogP contribution in [0.5, 0.6) is 0 Å². The zero-order valence-electron chi connectivity index (χ0n) is 13.6. The van der Waals surface area contributed by atoms with Gasteiger partial charge in [0.2, 0.25) is 0 Å². The zero-order chi connectivity index (χ0) is 16.9. The molecule has 3 rings (SSSR count). The number of aliphatic hydroxyl groups is 2. The average molecular weight is 325 g/mol. The van der Waals surface area contributed by atoms with Gasteiger partial charge in [-0.3, -0.25) is 4.79 Å². The summed E-state index contributed by atoms with van der Waals surface area (Å²) in [7, 11) is 0. The van der Waals surface area contributed by atoms with Crippen molar-refractivity contribution in [3.05, 3.63) is 71.8 Å². The van der Waals surface area contributed by atoms with Crippen molar-refractivity contribution in [3.63, 3.8) is 0 Å². The summed E-state index contributed by atoms with van der Waals surface area (Å²) in [6, 6.07) is 18.5. The Morgan fingerprint density at radius 3 is 2.21 bits per heavy atom. The Hall–Kier alpha value is -2.17. The zero-order valence-corrected chi connectivity index (χ0v) is 13.6. The molecule has 1 aliphatic heterocycles. The lowest BCUT2D eigenvalue weighted by Crippen LogP contribution is -2.39. The maximum atomic E-state index is 12.7. The third kappa shape index (κ3) is 3.66. The Balaban J connectivity index is 1.68. The standard InChI is InChI=1S/C20H23NO3/c22-18(15-8-3-1-4-9-15)14-17-12-7-13-21(17)20(24)19(23)16-10-5-2-6-11-16/h1-6,8-11,17-19,22-23H,7,12-14H2. The fourth-order valence-electron chi connectivity index (χ4n) is 3.37. The van der Waals surface area contributed by atoms with Crippen LogP contribution < -0.4 is 0 Å². The molecule has 0 radical (unpaired) electrons. The van der Waals surface area contributed by atoms with Crippen LogP contribution in [0, 0.1) is 0 Å². The quantitative estimate of drug-likeness (QED) is 0.888. The van der Waals surface area contributed by atoms with Crippen LogP contribution in [0.3, 0.4) is 0 Å². The van der Waals surface area contributed by atoms with E-state index in [9.17, 15) is 15.0 Å². The summed E-state index contributed by atoms with van der Waals surface area (Å²) in [4.78, 5) is 14.4. The van der Waals surface area contributed by atoms with Crippen LogP contribution in [-0.4, -0.2) is 33.6 Å². The van der Waals surface area contributed by atoms with Crippen molar-refractivity contribution in [1.29, 1.82) is 0 Å². The predicted octanol–water partition coefficient (Wildman–Crippen LogP) is 2.83. The van der Waals surface area contributed by atoms with Crippen molar-refractivity contribution in [2.24, 2.45) is 0 Å². The van der Waals surface area contributed by atoms with Crippen LogP contribution >= 0.6 is 0 Å². The molecule has 0 spiro atoms. The maximum Gasteiger partial charge on any atom is 0.256 e. The summed E-state index contributed by atoms with van der Waals surface area (Å²) >= 11 is 0. The second kappa shape index (κ2) is 7.60. The van der Waals surface area contributed by atoms with E-state index in [1.54, 1.807) is 17.0 Å². The lowest BCUT2D eigenvalue weighted by molar-refractivity contribution is -0.141. The lowest BCUT2D eigenvalue weighted by atomic mass is 10.00. The molecular formula is C20H23NO3. The monoisotopic (exact) mass is 325 g/mol. The van der Waals surface area contributed by atoms with E-state index < -0.39 is 12.2 Å². The summed E-state index contributed by atoms with van der Waals surface area (Å²) in [5, 5.41) is 20.8. The minimum atomic E-state index is -1.14. The topological polar surface area (TPSA) is 60.8 Å². The van der Waals surface area contributed by atoms with E-state index in [1.165, 1.54) is 0 Å². The molecule has 126 valence electrons. The molecule has 3 atom stereocenters. The second-order valence-electron chi connectivity index (χ2n) is 6.30. The van der Waals surface area contributed by atoms with Gasteiger partial charge in [0.15, 0.2) is 6.10 Å². The Morgan fingerprint density at radius 2 is 1.58 bits per heavy atom. The van der Waals surface area contributed by atoms with E-state index in [-0.39, 0.29) is 11.9 Å². The van der Waals surface area contributed by atoms with Gasteiger partial charge in [-0.2, -0.15) is 0 Å². The molecule has 1 amide bonds. The van der Waals surface area contributed by atoms with Crippen molar-refractivity contribution in [3.8, 4) is 0 Å². The first-order chi connectivity index (χ1) is 11.7. The highest BCUT2D eigenvalue weighted by atomic mass is 16.3. The van der Waals surface area contributed by atoms with Crippen LogP contribution in [0.4, 0.5) is 0 Å². The van der Waals surface area contributed by atoms with Crippen LogP contribution in [-0.2, 0) is 4.79 Å². The molecule has 1 fully saturated rings. The van der Waals surface area contributed by atoms with Gasteiger partial charge in [-0.15, -0.1) is 0 Å². The van der Waals surface area contributed by atoms with E-state index in [0.29, 0.717) is 18.5 Å². The van der Waals surface area contributed by atoms with E-state index in [2.05, 4.69) is 0 Å². The summed E-state index contributed by atoms with van der Waals surface area (Å²) in [6.07, 6.45) is 0.521. The predicted molar refractivity (Wildman–Crippen MR) is 92.2 cm³/mol. The van der Waals surface area contributed by atoms with E-state index >= 15 is 0 Å². The average Bonchev–Trinajstić information content (AvgIpc) is 3.10. The molecule has 3 unspecified atom stereocenters. The number of benzene rings is 2. The molecule has 4 heteroatoms. The largest absolute Gasteiger partial charge is 0.388 e. The summed E-state index contributed by atoms with van der Waals surface area (Å²) in [6.45, 7) is 0.634. The van der Waals surface area contributed by atoms with Crippen molar-refractivity contribution in [1.82, 2.24) is 4.90 Å². The first-order valence-corrected chi connectivity index (χ1v) is 8.43. The summed E-state index contributed by atoms with van der Waals surface area (Å²) in [5.41, 5.74) is 1.47. The normalized spacial score (nSPS) is 19.9. The van der Waals surface area contributed by atoms with Gasteiger partial charge in [0.1, 0.15) is 0 Å². The second-order valence-corrected chi connectivity index (χ2v) is 6.30. The summed E-state index contributed by atoms with van der Waals surface area (Å²) < 4.78 is 0. The SMILES string of the molecule is O=C(C(O)c1ccccc1)N1CCCC1CC(O)c1ccccc1. The highest BCUT2D eigenvalue weighted by molar-refractivity contribution is 5.82. The molecule has 2 N–H and O–H groups in total. The molecular weight excluding hydrogens is 302 g/mol. The van der Waals surface area contributed by atoms with Crippen molar-refractivity contribution in [2.45, 2.75) is 37.5 Å². The third-order valence-electron chi connectivity index (χ3n) is 4.69. The number of hydrogen-bond acceptors (Lipinski definition) is 3. The molecule has 0 saturated carbocycles. The van der Waals surface area contributed by atoms with Crippen molar-refractivity contribution < 1.29 is 15.0 Å². The van der Waals surface area contributed by atoms with Gasteiger partial charge in [0, 0.05) is 12.6 Å². The number of rotatable bonds is 5. The first-order valence-electron chi connectivity index (χ1n) is 8.43. The molecule has 24 heavy (non-hydrogen) atoms. The van der Waals surface area contributed by atoms with Crippen LogP contribution in [0.1, 0.15) is 42.6 Å². The minimum Gasteiger partial charge on any atom is -0.388 e. The first kappa shape index (κ1) is 16.7. The summed E-state index contributed by atoms with van der Waals surface area (Å²) in [5.74, 6) is -0.274. The van der Waals surface area contributed by atoms with E-state index in [0.717, 1.165) is 18.4 Å². The minimum absolute atomic E-state index is 0.0360. The Bertz CT molecular complexity index is 659. The van der Waals surface area contributed by atoms with Gasteiger partial charge in [-0.1, -0.05) is 60.7 Å². The Kier molecular flexibility index (Phi) is 5.28. The molecule has 2 aromatic rings. The van der Waals surface area contributed by atoms with E-state index in [1.807, 2.05) is 48.5 Å². The van der Waals surface area contributed by atoms with Crippen LogP contribution in [0.25, 0.3) is 0 Å². The number of hydrogen-bond donors (Lipinski definition) is 2. The van der Waals surface area contributed by atoms with E-state index in [4.69, 9.17) is 0 Å².